The molecule has 0 saturated carbocycles. The van der Waals surface area contributed by atoms with E-state index in [1.807, 2.05) is 64.8 Å². The summed E-state index contributed by atoms with van der Waals surface area (Å²) in [6.45, 7) is 0. The summed E-state index contributed by atoms with van der Waals surface area (Å²) >= 11 is 0. The van der Waals surface area contributed by atoms with E-state index in [4.69, 9.17) is 0 Å². The van der Waals surface area contributed by atoms with Crippen LogP contribution in [0, 0.1) is 0 Å². The van der Waals surface area contributed by atoms with Crippen molar-refractivity contribution in [3.63, 3.8) is 0 Å². The summed E-state index contributed by atoms with van der Waals surface area (Å²) in [5.74, 6) is 0. The van der Waals surface area contributed by atoms with Gasteiger partial charge in [-0.1, -0.05) is 76.9 Å². The van der Waals surface area contributed by atoms with Gasteiger partial charge in [0.05, 0.1) is 9.16 Å². The van der Waals surface area contributed by atoms with Gasteiger partial charge in [-0.15, -0.1) is 0 Å². The molecular weight excluding hydrogens is 264 g/mol. The van der Waals surface area contributed by atoms with Crippen molar-refractivity contribution in [2.75, 3.05) is 0 Å². The van der Waals surface area contributed by atoms with Gasteiger partial charge in [-0.25, -0.2) is 0 Å². The van der Waals surface area contributed by atoms with E-state index in [1.165, 1.54) is 0 Å². The third-order valence-electron chi connectivity index (χ3n) is 1.13. The molecule has 0 N–H and O–H groups in total. The highest BCUT2D eigenvalue weighted by atomic mass is 33.2. The first kappa shape index (κ1) is 10.1. The highest BCUT2D eigenvalue weighted by Crippen LogP contribution is 2.51. The average molecular weight is 271 g/mol. The maximum atomic E-state index is 2.27. The summed E-state index contributed by atoms with van der Waals surface area (Å²) in [7, 11) is 11.5. The Kier molecular flexibility index (Phi) is 4.60. The van der Waals surface area contributed by atoms with Crippen LogP contribution < -0.4 is 0 Å². The molecular formula is C6H6S6. The van der Waals surface area contributed by atoms with Gasteiger partial charge in [0.25, 0.3) is 0 Å². The molecule has 2 unspecified atom stereocenters. The van der Waals surface area contributed by atoms with Gasteiger partial charge in [0.1, 0.15) is 0 Å². The Balaban J connectivity index is 1.67. The summed E-state index contributed by atoms with van der Waals surface area (Å²) in [6.07, 6.45) is 4.53. The van der Waals surface area contributed by atoms with E-state index in [-0.39, 0.29) is 0 Å². The molecule has 2 aliphatic heterocycles. The van der Waals surface area contributed by atoms with Crippen LogP contribution in [0.2, 0.25) is 0 Å². The topological polar surface area (TPSA) is 0 Å². The smallest absolute Gasteiger partial charge is 0.0730 e. The average Bonchev–Trinajstić information content (AvgIpc) is 2.74. The highest BCUT2D eigenvalue weighted by Gasteiger charge is 2.16. The number of hydrogen-bond donors (Lipinski definition) is 0. The fraction of sp³-hybridized carbons (Fsp3) is 0.333. The van der Waals surface area contributed by atoms with Gasteiger partial charge in [0, 0.05) is 0 Å². The van der Waals surface area contributed by atoms with Crippen LogP contribution in [0.4, 0.5) is 0 Å². The van der Waals surface area contributed by atoms with Crippen LogP contribution in [0.1, 0.15) is 0 Å². The van der Waals surface area contributed by atoms with Crippen LogP contribution in [0.5, 0.6) is 0 Å². The van der Waals surface area contributed by atoms with Gasteiger partial charge < -0.3 is 0 Å². The molecule has 2 heterocycles. The molecule has 0 nitrogen and oxygen atoms in total. The van der Waals surface area contributed by atoms with Crippen LogP contribution >= 0.6 is 64.8 Å². The third kappa shape index (κ3) is 3.06. The van der Waals surface area contributed by atoms with Crippen molar-refractivity contribution >= 4 is 64.8 Å². The molecule has 66 valence electrons. The molecule has 0 aliphatic carbocycles. The van der Waals surface area contributed by atoms with E-state index in [2.05, 4.69) is 23.0 Å². The second-order valence-corrected chi connectivity index (χ2v) is 9.76. The first-order chi connectivity index (χ1) is 5.95. The Morgan fingerprint density at radius 2 is 1.33 bits per heavy atom. The fourth-order valence-corrected chi connectivity index (χ4v) is 9.67. The first-order valence-electron chi connectivity index (χ1n) is 3.25. The van der Waals surface area contributed by atoms with E-state index in [0.29, 0.717) is 9.16 Å². The van der Waals surface area contributed by atoms with Gasteiger partial charge in [0.2, 0.25) is 0 Å². The Morgan fingerprint density at radius 1 is 0.833 bits per heavy atom. The molecule has 0 amide bonds. The van der Waals surface area contributed by atoms with Crippen LogP contribution in [0.25, 0.3) is 0 Å². The molecule has 2 rings (SSSR count). The molecule has 0 bridgehead atoms. The predicted molar refractivity (Wildman–Crippen MR) is 71.4 cm³/mol. The van der Waals surface area contributed by atoms with E-state index < -0.39 is 0 Å². The number of rotatable bonds is 3. The lowest BCUT2D eigenvalue weighted by atomic mass is 10.7. The largest absolute Gasteiger partial charge is 0.0901 e. The minimum Gasteiger partial charge on any atom is -0.0730 e. The lowest BCUT2D eigenvalue weighted by Gasteiger charge is -2.07. The van der Waals surface area contributed by atoms with Crippen LogP contribution in [-0.2, 0) is 0 Å². The van der Waals surface area contributed by atoms with Crippen molar-refractivity contribution in [1.82, 2.24) is 0 Å². The van der Waals surface area contributed by atoms with E-state index in [0.717, 1.165) is 0 Å². The van der Waals surface area contributed by atoms with E-state index >= 15 is 0 Å². The molecule has 0 spiro atoms. The Morgan fingerprint density at radius 3 is 1.67 bits per heavy atom. The second kappa shape index (κ2) is 5.46. The molecule has 0 aromatic rings. The fourth-order valence-electron chi connectivity index (χ4n) is 0.636. The van der Waals surface area contributed by atoms with Gasteiger partial charge in [-0.3, -0.25) is 0 Å². The summed E-state index contributed by atoms with van der Waals surface area (Å²) in [5, 5.41) is 4.35. The van der Waals surface area contributed by atoms with E-state index in [9.17, 15) is 0 Å². The zero-order valence-corrected chi connectivity index (χ0v) is 10.8. The molecule has 6 heteroatoms. The summed E-state index contributed by atoms with van der Waals surface area (Å²) in [4.78, 5) is 0. The SMILES string of the molecule is C1=CC(SSC2C=CSS2)SS1. The molecule has 0 aromatic carbocycles. The van der Waals surface area contributed by atoms with E-state index in [1.54, 1.807) is 0 Å². The zero-order chi connectivity index (χ0) is 8.23. The van der Waals surface area contributed by atoms with Crippen molar-refractivity contribution in [3.05, 3.63) is 23.0 Å². The molecule has 0 radical (unpaired) electrons. The van der Waals surface area contributed by atoms with Crippen LogP contribution in [-0.4, -0.2) is 9.16 Å². The minimum atomic E-state index is 0.652. The second-order valence-electron chi connectivity index (χ2n) is 1.97. The molecule has 0 aromatic heterocycles. The Labute approximate surface area is 96.1 Å². The quantitative estimate of drug-likeness (QED) is 0.668. The van der Waals surface area contributed by atoms with Gasteiger partial charge >= 0.3 is 0 Å². The maximum absolute atomic E-state index is 2.27. The van der Waals surface area contributed by atoms with Gasteiger partial charge in [0.15, 0.2) is 0 Å². The lowest BCUT2D eigenvalue weighted by Crippen LogP contribution is -1.86. The summed E-state index contributed by atoms with van der Waals surface area (Å²) in [6, 6.07) is 0. The number of hydrogen-bond acceptors (Lipinski definition) is 6. The Hall–Kier alpha value is 1.58. The molecule has 12 heavy (non-hydrogen) atoms. The summed E-state index contributed by atoms with van der Waals surface area (Å²) < 4.78 is 1.30. The summed E-state index contributed by atoms with van der Waals surface area (Å²) in [5.41, 5.74) is 0. The van der Waals surface area contributed by atoms with Crippen LogP contribution in [0.15, 0.2) is 23.0 Å². The molecule has 0 fully saturated rings. The maximum Gasteiger partial charge on any atom is 0.0901 e. The first-order valence-corrected chi connectivity index (χ1v) is 10.1. The third-order valence-corrected chi connectivity index (χ3v) is 10.2. The lowest BCUT2D eigenvalue weighted by molar-refractivity contribution is 1.70. The van der Waals surface area contributed by atoms with Gasteiger partial charge in [-0.2, -0.15) is 0 Å². The van der Waals surface area contributed by atoms with Crippen molar-refractivity contribution in [2.24, 2.45) is 0 Å². The molecule has 2 atom stereocenters. The normalized spacial score (nSPS) is 33.3. The molecule has 0 saturated heterocycles. The van der Waals surface area contributed by atoms with Crippen molar-refractivity contribution in [1.29, 1.82) is 0 Å². The standard InChI is InChI=1S/C6H6S6/c1-3-7-9-5(1)11-12-6-2-4-8-10-6/h1-6H. The molecule has 2 aliphatic rings. The monoisotopic (exact) mass is 270 g/mol. The van der Waals surface area contributed by atoms with Crippen molar-refractivity contribution in [2.45, 2.75) is 9.16 Å². The minimum absolute atomic E-state index is 0.652. The van der Waals surface area contributed by atoms with Gasteiger partial charge in [-0.05, 0) is 10.8 Å². The highest BCUT2D eigenvalue weighted by molar-refractivity contribution is 8.90. The van der Waals surface area contributed by atoms with Crippen LogP contribution in [0.3, 0.4) is 0 Å². The zero-order valence-electron chi connectivity index (χ0n) is 5.91. The van der Waals surface area contributed by atoms with Crippen molar-refractivity contribution in [3.8, 4) is 0 Å². The Bertz CT molecular complexity index is 178. The van der Waals surface area contributed by atoms with Crippen molar-refractivity contribution < 1.29 is 0 Å². The predicted octanol–water partition coefficient (Wildman–Crippen LogP) is 4.84.